The van der Waals surface area contributed by atoms with Crippen molar-refractivity contribution in [2.45, 2.75) is 32.9 Å². The number of rotatable bonds is 5. The summed E-state index contributed by atoms with van der Waals surface area (Å²) in [5.41, 5.74) is 0.586. The van der Waals surface area contributed by atoms with Gasteiger partial charge in [-0.15, -0.1) is 0 Å². The fraction of sp³-hybridized carbons (Fsp3) is 0.647. The zero-order valence-electron chi connectivity index (χ0n) is 14.8. The normalized spacial score (nSPS) is 16.8. The van der Waals surface area contributed by atoms with Crippen molar-refractivity contribution >= 4 is 11.9 Å². The standard InChI is InChI=1S/C17H28N4O3/c1-17(2,3)24-16(23)19-15-5-4-14(12-18-15)13-21-8-6-20(7-9-21)10-11-22/h4-5,12,22H,6-11,13H2,1-3H3,(H,18,19,23). The van der Waals surface area contributed by atoms with E-state index in [-0.39, 0.29) is 6.61 Å². The number of anilines is 1. The molecule has 0 atom stereocenters. The van der Waals surface area contributed by atoms with Gasteiger partial charge in [0.1, 0.15) is 11.4 Å². The number of nitrogens with one attached hydrogen (secondary N) is 1. The number of hydrogen-bond acceptors (Lipinski definition) is 6. The van der Waals surface area contributed by atoms with E-state index in [1.807, 2.05) is 26.8 Å². The topological polar surface area (TPSA) is 77.9 Å². The Morgan fingerprint density at radius 2 is 1.92 bits per heavy atom. The molecule has 0 bridgehead atoms. The van der Waals surface area contributed by atoms with Gasteiger partial charge in [-0.1, -0.05) is 6.07 Å². The van der Waals surface area contributed by atoms with E-state index in [1.165, 1.54) is 0 Å². The molecular formula is C17H28N4O3. The molecular weight excluding hydrogens is 308 g/mol. The van der Waals surface area contributed by atoms with Gasteiger partial charge in [-0.3, -0.25) is 15.1 Å². The van der Waals surface area contributed by atoms with E-state index in [1.54, 1.807) is 12.3 Å². The van der Waals surface area contributed by atoms with Crippen molar-refractivity contribution < 1.29 is 14.6 Å². The van der Waals surface area contributed by atoms with Crippen LogP contribution in [-0.4, -0.2) is 70.9 Å². The monoisotopic (exact) mass is 336 g/mol. The summed E-state index contributed by atoms with van der Waals surface area (Å²) >= 11 is 0. The predicted octanol–water partition coefficient (Wildman–Crippen LogP) is 1.54. The van der Waals surface area contributed by atoms with Crippen molar-refractivity contribution in [3.05, 3.63) is 23.9 Å². The Morgan fingerprint density at radius 3 is 2.46 bits per heavy atom. The molecule has 1 fully saturated rings. The van der Waals surface area contributed by atoms with E-state index < -0.39 is 11.7 Å². The van der Waals surface area contributed by atoms with Crippen LogP contribution in [0, 0.1) is 0 Å². The molecule has 2 N–H and O–H groups in total. The Bertz CT molecular complexity index is 520. The Kier molecular flexibility index (Phi) is 6.53. The number of hydrogen-bond donors (Lipinski definition) is 2. The van der Waals surface area contributed by atoms with Crippen LogP contribution in [0.4, 0.5) is 10.6 Å². The number of ether oxygens (including phenoxy) is 1. The van der Waals surface area contributed by atoms with Crippen LogP contribution in [0.3, 0.4) is 0 Å². The van der Waals surface area contributed by atoms with Gasteiger partial charge in [0.2, 0.25) is 0 Å². The number of piperazine rings is 1. The second-order valence-corrected chi connectivity index (χ2v) is 7.02. The first-order chi connectivity index (χ1) is 11.4. The molecule has 0 spiro atoms. The lowest BCUT2D eigenvalue weighted by Crippen LogP contribution is -2.46. The summed E-state index contributed by atoms with van der Waals surface area (Å²) in [6.07, 6.45) is 1.29. The van der Waals surface area contributed by atoms with Crippen LogP contribution in [0.15, 0.2) is 18.3 Å². The number of aliphatic hydroxyl groups is 1. The number of nitrogens with zero attached hydrogens (tertiary/aromatic N) is 3. The third-order valence-corrected chi connectivity index (χ3v) is 3.74. The minimum Gasteiger partial charge on any atom is -0.444 e. The number of β-amino-alcohol motifs (C(OH)–C–C–N with tert-alkyl or cyclic N) is 1. The molecule has 1 aliphatic rings. The summed E-state index contributed by atoms with van der Waals surface area (Å²) < 4.78 is 5.20. The quantitative estimate of drug-likeness (QED) is 0.849. The van der Waals surface area contributed by atoms with Gasteiger partial charge in [-0.05, 0) is 32.4 Å². The van der Waals surface area contributed by atoms with Gasteiger partial charge in [0, 0.05) is 45.5 Å². The molecule has 24 heavy (non-hydrogen) atoms. The third-order valence-electron chi connectivity index (χ3n) is 3.74. The lowest BCUT2D eigenvalue weighted by molar-refractivity contribution is 0.0635. The third kappa shape index (κ3) is 6.43. The van der Waals surface area contributed by atoms with Gasteiger partial charge in [0.25, 0.3) is 0 Å². The highest BCUT2D eigenvalue weighted by Crippen LogP contribution is 2.12. The second-order valence-electron chi connectivity index (χ2n) is 7.02. The molecule has 0 saturated carbocycles. The summed E-state index contributed by atoms with van der Waals surface area (Å²) in [6.45, 7) is 11.2. The predicted molar refractivity (Wildman–Crippen MR) is 92.9 cm³/mol. The van der Waals surface area contributed by atoms with E-state index in [0.29, 0.717) is 5.82 Å². The van der Waals surface area contributed by atoms with E-state index in [2.05, 4.69) is 20.1 Å². The highest BCUT2D eigenvalue weighted by molar-refractivity contribution is 5.83. The first-order valence-electron chi connectivity index (χ1n) is 8.36. The fourth-order valence-corrected chi connectivity index (χ4v) is 2.57. The second kappa shape index (κ2) is 8.41. The number of amides is 1. The molecule has 7 nitrogen and oxygen atoms in total. The smallest absolute Gasteiger partial charge is 0.413 e. The lowest BCUT2D eigenvalue weighted by Gasteiger charge is -2.34. The van der Waals surface area contributed by atoms with Crippen molar-refractivity contribution in [2.75, 3.05) is 44.6 Å². The van der Waals surface area contributed by atoms with Crippen molar-refractivity contribution in [2.24, 2.45) is 0 Å². The highest BCUT2D eigenvalue weighted by Gasteiger charge is 2.18. The molecule has 0 radical (unpaired) electrons. The van der Waals surface area contributed by atoms with Crippen LogP contribution >= 0.6 is 0 Å². The SMILES string of the molecule is CC(C)(C)OC(=O)Nc1ccc(CN2CCN(CCO)CC2)cn1. The molecule has 2 heterocycles. The molecule has 0 unspecified atom stereocenters. The number of carbonyl (C=O) groups is 1. The Labute approximate surface area is 143 Å². The molecule has 134 valence electrons. The van der Waals surface area contributed by atoms with Gasteiger partial charge >= 0.3 is 6.09 Å². The summed E-state index contributed by atoms with van der Waals surface area (Å²) in [5, 5.41) is 11.6. The molecule has 0 aliphatic carbocycles. The number of carbonyl (C=O) groups excluding carboxylic acids is 1. The first-order valence-corrected chi connectivity index (χ1v) is 8.36. The maximum absolute atomic E-state index is 11.7. The minimum absolute atomic E-state index is 0.218. The van der Waals surface area contributed by atoms with E-state index >= 15 is 0 Å². The van der Waals surface area contributed by atoms with Gasteiger partial charge in [-0.2, -0.15) is 0 Å². The molecule has 1 aliphatic heterocycles. The number of aromatic nitrogens is 1. The van der Waals surface area contributed by atoms with Crippen molar-refractivity contribution in [3.63, 3.8) is 0 Å². The summed E-state index contributed by atoms with van der Waals surface area (Å²) in [6, 6.07) is 3.76. The van der Waals surface area contributed by atoms with Crippen LogP contribution in [0.25, 0.3) is 0 Å². The van der Waals surface area contributed by atoms with Gasteiger partial charge < -0.3 is 9.84 Å². The molecule has 7 heteroatoms. The summed E-state index contributed by atoms with van der Waals surface area (Å²) in [5.74, 6) is 0.487. The molecule has 1 aromatic heterocycles. The fourth-order valence-electron chi connectivity index (χ4n) is 2.57. The highest BCUT2D eigenvalue weighted by atomic mass is 16.6. The summed E-state index contributed by atoms with van der Waals surface area (Å²) in [7, 11) is 0. The first kappa shape index (κ1) is 18.6. The van der Waals surface area contributed by atoms with Gasteiger partial charge in [0.05, 0.1) is 6.61 Å². The van der Waals surface area contributed by atoms with Crippen LogP contribution in [0.2, 0.25) is 0 Å². The van der Waals surface area contributed by atoms with Crippen molar-refractivity contribution in [1.29, 1.82) is 0 Å². The Morgan fingerprint density at radius 1 is 1.25 bits per heavy atom. The van der Waals surface area contributed by atoms with Crippen LogP contribution < -0.4 is 5.32 Å². The zero-order chi connectivity index (χ0) is 17.6. The van der Waals surface area contributed by atoms with Crippen molar-refractivity contribution in [3.8, 4) is 0 Å². The molecule has 0 aromatic carbocycles. The average Bonchev–Trinajstić information content (AvgIpc) is 2.49. The molecule has 1 amide bonds. The van der Waals surface area contributed by atoms with Gasteiger partial charge in [0.15, 0.2) is 0 Å². The number of pyridine rings is 1. The van der Waals surface area contributed by atoms with E-state index in [0.717, 1.165) is 44.8 Å². The van der Waals surface area contributed by atoms with Crippen LogP contribution in [0.5, 0.6) is 0 Å². The minimum atomic E-state index is -0.526. The largest absolute Gasteiger partial charge is 0.444 e. The van der Waals surface area contributed by atoms with Crippen molar-refractivity contribution in [1.82, 2.24) is 14.8 Å². The molecule has 1 aromatic rings. The Hall–Kier alpha value is -1.70. The van der Waals surface area contributed by atoms with Gasteiger partial charge in [-0.25, -0.2) is 9.78 Å². The maximum atomic E-state index is 11.7. The Balaban J connectivity index is 1.79. The molecule has 2 rings (SSSR count). The average molecular weight is 336 g/mol. The van der Waals surface area contributed by atoms with E-state index in [4.69, 9.17) is 9.84 Å². The maximum Gasteiger partial charge on any atom is 0.413 e. The zero-order valence-corrected chi connectivity index (χ0v) is 14.8. The molecule has 1 saturated heterocycles. The van der Waals surface area contributed by atoms with Crippen LogP contribution in [-0.2, 0) is 11.3 Å². The van der Waals surface area contributed by atoms with Crippen LogP contribution in [0.1, 0.15) is 26.3 Å². The number of aliphatic hydroxyl groups excluding tert-OH is 1. The van der Waals surface area contributed by atoms with E-state index in [9.17, 15) is 4.79 Å². The summed E-state index contributed by atoms with van der Waals surface area (Å²) in [4.78, 5) is 20.6. The lowest BCUT2D eigenvalue weighted by atomic mass is 10.2.